The number of aryl methyl sites for hydroxylation is 3. The van der Waals surface area contributed by atoms with E-state index in [0.29, 0.717) is 17.1 Å². The van der Waals surface area contributed by atoms with Crippen molar-refractivity contribution < 1.29 is 22.7 Å². The third-order valence-corrected chi connectivity index (χ3v) is 6.15. The highest BCUT2D eigenvalue weighted by Gasteiger charge is 2.13. The third-order valence-electron chi connectivity index (χ3n) is 5.04. The summed E-state index contributed by atoms with van der Waals surface area (Å²) in [5.74, 6) is -0.0318. The molecule has 0 fully saturated rings. The summed E-state index contributed by atoms with van der Waals surface area (Å²) in [5.41, 5.74) is 4.00. The number of hydrogen-bond donors (Lipinski definition) is 2. The van der Waals surface area contributed by atoms with Crippen LogP contribution in [-0.2, 0) is 14.6 Å². The summed E-state index contributed by atoms with van der Waals surface area (Å²) >= 11 is 0. The van der Waals surface area contributed by atoms with Crippen molar-refractivity contribution in [3.05, 3.63) is 82.9 Å². The van der Waals surface area contributed by atoms with Crippen LogP contribution >= 0.6 is 0 Å². The lowest BCUT2D eigenvalue weighted by Crippen LogP contribution is -2.21. The fraction of sp³-hybridized carbons (Fsp3) is 0.200. The predicted octanol–water partition coefficient (Wildman–Crippen LogP) is 4.29. The molecule has 2 amide bonds. The van der Waals surface area contributed by atoms with Gasteiger partial charge in [-0.3, -0.25) is 9.59 Å². The van der Waals surface area contributed by atoms with E-state index in [4.69, 9.17) is 4.74 Å². The highest BCUT2D eigenvalue weighted by molar-refractivity contribution is 7.90. The Labute approximate surface area is 193 Å². The van der Waals surface area contributed by atoms with Gasteiger partial charge >= 0.3 is 0 Å². The maximum atomic E-state index is 12.6. The molecule has 7 nitrogen and oxygen atoms in total. The van der Waals surface area contributed by atoms with Gasteiger partial charge in [0, 0.05) is 23.2 Å². The zero-order valence-electron chi connectivity index (χ0n) is 18.9. The lowest BCUT2D eigenvalue weighted by molar-refractivity contribution is -0.118. The van der Waals surface area contributed by atoms with Crippen LogP contribution in [0, 0.1) is 20.8 Å². The number of nitrogens with one attached hydrogen (secondary N) is 2. The average Bonchev–Trinajstić information content (AvgIpc) is 2.75. The van der Waals surface area contributed by atoms with Crippen molar-refractivity contribution in [1.82, 2.24) is 0 Å². The van der Waals surface area contributed by atoms with Gasteiger partial charge < -0.3 is 15.4 Å². The highest BCUT2D eigenvalue weighted by atomic mass is 32.2. The fourth-order valence-electron chi connectivity index (χ4n) is 3.31. The standard InChI is InChI=1S/C25H26N2O5S/c1-16-7-5-8-17(2)24(16)32-15-23(28)26-20-11-12-22(18(3)13-20)27-25(29)19-9-6-10-21(14-19)33(4,30)31/h5-14H,15H2,1-4H3,(H,26,28)(H,27,29). The number of para-hydroxylation sites is 1. The second kappa shape index (κ2) is 9.87. The van der Waals surface area contributed by atoms with Gasteiger partial charge in [0.25, 0.3) is 11.8 Å². The van der Waals surface area contributed by atoms with Crippen molar-refractivity contribution in [1.29, 1.82) is 0 Å². The van der Waals surface area contributed by atoms with Gasteiger partial charge in [0.2, 0.25) is 0 Å². The van der Waals surface area contributed by atoms with Gasteiger partial charge in [0.1, 0.15) is 5.75 Å². The Morgan fingerprint density at radius 1 is 0.848 bits per heavy atom. The van der Waals surface area contributed by atoms with Crippen LogP contribution in [0.4, 0.5) is 11.4 Å². The van der Waals surface area contributed by atoms with Crippen molar-refractivity contribution >= 4 is 33.0 Å². The number of carbonyl (C=O) groups is 2. The molecule has 33 heavy (non-hydrogen) atoms. The Kier molecular flexibility index (Phi) is 7.18. The van der Waals surface area contributed by atoms with E-state index in [9.17, 15) is 18.0 Å². The van der Waals surface area contributed by atoms with Crippen molar-refractivity contribution in [2.45, 2.75) is 25.7 Å². The first-order chi connectivity index (χ1) is 15.5. The molecule has 172 valence electrons. The summed E-state index contributed by atoms with van der Waals surface area (Å²) < 4.78 is 29.1. The van der Waals surface area contributed by atoms with Crippen LogP contribution < -0.4 is 15.4 Å². The molecule has 0 radical (unpaired) electrons. The van der Waals surface area contributed by atoms with Crippen molar-refractivity contribution in [3.63, 3.8) is 0 Å². The van der Waals surface area contributed by atoms with Crippen LogP contribution in [0.2, 0.25) is 0 Å². The number of benzene rings is 3. The zero-order valence-corrected chi connectivity index (χ0v) is 19.7. The monoisotopic (exact) mass is 466 g/mol. The first-order valence-corrected chi connectivity index (χ1v) is 12.1. The van der Waals surface area contributed by atoms with Crippen LogP contribution in [0.1, 0.15) is 27.0 Å². The van der Waals surface area contributed by atoms with Crippen LogP contribution in [0.15, 0.2) is 65.6 Å². The molecule has 0 atom stereocenters. The summed E-state index contributed by atoms with van der Waals surface area (Å²) in [4.78, 5) is 25.0. The normalized spacial score (nSPS) is 11.0. The first kappa shape index (κ1) is 24.0. The summed E-state index contributed by atoms with van der Waals surface area (Å²) in [6.45, 7) is 5.52. The molecule has 0 aliphatic heterocycles. The van der Waals surface area contributed by atoms with Gasteiger partial charge in [-0.2, -0.15) is 0 Å². The largest absolute Gasteiger partial charge is 0.483 e. The van der Waals surface area contributed by atoms with E-state index in [0.717, 1.165) is 22.9 Å². The van der Waals surface area contributed by atoms with Gasteiger partial charge in [-0.15, -0.1) is 0 Å². The van der Waals surface area contributed by atoms with E-state index in [1.54, 1.807) is 31.2 Å². The second-order valence-electron chi connectivity index (χ2n) is 7.84. The minimum absolute atomic E-state index is 0.0769. The van der Waals surface area contributed by atoms with Crippen LogP contribution in [0.3, 0.4) is 0 Å². The molecule has 0 spiro atoms. The Hall–Kier alpha value is -3.65. The van der Waals surface area contributed by atoms with Crippen LogP contribution in [0.5, 0.6) is 5.75 Å². The van der Waals surface area contributed by atoms with Crippen molar-refractivity contribution in [2.75, 3.05) is 23.5 Å². The van der Waals surface area contributed by atoms with Gasteiger partial charge in [-0.1, -0.05) is 24.3 Å². The SMILES string of the molecule is Cc1cc(NC(=O)COc2c(C)cccc2C)ccc1NC(=O)c1cccc(S(C)(=O)=O)c1. The highest BCUT2D eigenvalue weighted by Crippen LogP contribution is 2.23. The fourth-order valence-corrected chi connectivity index (χ4v) is 3.97. The molecule has 3 aromatic carbocycles. The van der Waals surface area contributed by atoms with Crippen molar-refractivity contribution in [3.8, 4) is 5.75 Å². The molecule has 8 heteroatoms. The smallest absolute Gasteiger partial charge is 0.262 e. The van der Waals surface area contributed by atoms with E-state index in [2.05, 4.69) is 10.6 Å². The lowest BCUT2D eigenvalue weighted by atomic mass is 10.1. The van der Waals surface area contributed by atoms with E-state index in [1.165, 1.54) is 18.2 Å². The Bertz CT molecular complexity index is 1300. The topological polar surface area (TPSA) is 102 Å². The van der Waals surface area contributed by atoms with Crippen LogP contribution in [-0.4, -0.2) is 33.1 Å². The Morgan fingerprint density at radius 3 is 2.15 bits per heavy atom. The number of rotatable bonds is 7. The van der Waals surface area contributed by atoms with E-state index < -0.39 is 15.7 Å². The summed E-state index contributed by atoms with van der Waals surface area (Å²) in [6, 6.07) is 16.7. The molecular formula is C25H26N2O5S. The van der Waals surface area contributed by atoms with Gasteiger partial charge in [0.05, 0.1) is 4.90 Å². The van der Waals surface area contributed by atoms with Gasteiger partial charge in [0.15, 0.2) is 16.4 Å². The van der Waals surface area contributed by atoms with Crippen LogP contribution in [0.25, 0.3) is 0 Å². The molecule has 0 aliphatic rings. The number of hydrogen-bond acceptors (Lipinski definition) is 5. The minimum atomic E-state index is -3.41. The van der Waals surface area contributed by atoms with E-state index in [-0.39, 0.29) is 23.0 Å². The first-order valence-electron chi connectivity index (χ1n) is 10.3. The van der Waals surface area contributed by atoms with Crippen molar-refractivity contribution in [2.24, 2.45) is 0 Å². The minimum Gasteiger partial charge on any atom is -0.483 e. The molecule has 0 saturated carbocycles. The molecule has 0 aromatic heterocycles. The molecule has 2 N–H and O–H groups in total. The predicted molar refractivity (Wildman–Crippen MR) is 129 cm³/mol. The number of sulfone groups is 1. The van der Waals surface area contributed by atoms with E-state index >= 15 is 0 Å². The number of amides is 2. The zero-order chi connectivity index (χ0) is 24.2. The molecule has 0 unspecified atom stereocenters. The molecule has 3 rings (SSSR count). The van der Waals surface area contributed by atoms with Gasteiger partial charge in [-0.05, 0) is 73.9 Å². The maximum Gasteiger partial charge on any atom is 0.262 e. The second-order valence-corrected chi connectivity index (χ2v) is 9.86. The number of ether oxygens (including phenoxy) is 1. The molecule has 0 heterocycles. The lowest BCUT2D eigenvalue weighted by Gasteiger charge is -2.13. The third kappa shape index (κ3) is 6.20. The van der Waals surface area contributed by atoms with Gasteiger partial charge in [-0.25, -0.2) is 8.42 Å². The number of carbonyl (C=O) groups excluding carboxylic acids is 2. The molecule has 0 aliphatic carbocycles. The molecule has 3 aromatic rings. The molecular weight excluding hydrogens is 440 g/mol. The molecule has 0 saturated heterocycles. The Morgan fingerprint density at radius 2 is 1.52 bits per heavy atom. The maximum absolute atomic E-state index is 12.6. The summed E-state index contributed by atoms with van der Waals surface area (Å²) in [7, 11) is -3.41. The van der Waals surface area contributed by atoms with E-state index in [1.807, 2.05) is 32.0 Å². The molecule has 0 bridgehead atoms. The average molecular weight is 467 g/mol. The quantitative estimate of drug-likeness (QED) is 0.541. The summed E-state index contributed by atoms with van der Waals surface area (Å²) in [6.07, 6.45) is 1.09. The summed E-state index contributed by atoms with van der Waals surface area (Å²) in [5, 5.41) is 5.56. The Balaban J connectivity index is 1.64. The number of anilines is 2.